The van der Waals surface area contributed by atoms with Crippen molar-refractivity contribution in [2.75, 3.05) is 5.32 Å². The van der Waals surface area contributed by atoms with E-state index in [2.05, 4.69) is 20.3 Å². The summed E-state index contributed by atoms with van der Waals surface area (Å²) in [5.74, 6) is -2.79. The number of hydrogen-bond acceptors (Lipinski definition) is 11. The van der Waals surface area contributed by atoms with Gasteiger partial charge in [0, 0.05) is 20.8 Å². The highest BCUT2D eigenvalue weighted by atomic mass is 16.7. The van der Waals surface area contributed by atoms with Crippen LogP contribution in [-0.4, -0.2) is 67.7 Å². The summed E-state index contributed by atoms with van der Waals surface area (Å²) in [7, 11) is 0. The van der Waals surface area contributed by atoms with Crippen LogP contribution < -0.4 is 10.9 Å². The summed E-state index contributed by atoms with van der Waals surface area (Å²) in [6.07, 6.45) is -4.57. The fourth-order valence-electron chi connectivity index (χ4n) is 3.58. The van der Waals surface area contributed by atoms with Crippen LogP contribution in [0.25, 0.3) is 11.2 Å². The van der Waals surface area contributed by atoms with Gasteiger partial charge in [0.25, 0.3) is 5.56 Å². The predicted molar refractivity (Wildman–Crippen MR) is 97.4 cm³/mol. The summed E-state index contributed by atoms with van der Waals surface area (Å²) in [6, 6.07) is 0. The highest BCUT2D eigenvalue weighted by molar-refractivity contribution is 5.87. The third kappa shape index (κ3) is 3.61. The molecule has 0 radical (unpaired) electrons. The molecule has 14 heteroatoms. The average molecular weight is 435 g/mol. The summed E-state index contributed by atoms with van der Waals surface area (Å²) in [6.45, 7) is 3.53. The molecule has 0 saturated carbocycles. The van der Waals surface area contributed by atoms with Crippen molar-refractivity contribution < 1.29 is 38.1 Å². The molecule has 5 atom stereocenters. The van der Waals surface area contributed by atoms with Crippen molar-refractivity contribution >= 4 is 40.9 Å². The lowest BCUT2D eigenvalue weighted by Crippen LogP contribution is -2.36. The summed E-state index contributed by atoms with van der Waals surface area (Å²) < 4.78 is 22.7. The number of nitrogens with zero attached hydrogens (tertiary/aromatic N) is 3. The van der Waals surface area contributed by atoms with Crippen LogP contribution in [-0.2, 0) is 38.1 Å². The van der Waals surface area contributed by atoms with Gasteiger partial charge in [-0.25, -0.2) is 9.78 Å². The lowest BCUT2D eigenvalue weighted by molar-refractivity contribution is -0.174. The van der Waals surface area contributed by atoms with Gasteiger partial charge >= 0.3 is 17.9 Å². The molecule has 4 rings (SSSR count). The monoisotopic (exact) mass is 435 g/mol. The molecule has 2 N–H and O–H groups in total. The van der Waals surface area contributed by atoms with E-state index in [0.717, 1.165) is 13.8 Å². The fourth-order valence-corrected chi connectivity index (χ4v) is 3.58. The fraction of sp³-hybridized carbons (Fsp3) is 0.471. The van der Waals surface area contributed by atoms with Crippen molar-refractivity contribution in [3.8, 4) is 0 Å². The third-order valence-corrected chi connectivity index (χ3v) is 4.61. The maximum absolute atomic E-state index is 12.6. The van der Waals surface area contributed by atoms with E-state index in [0.29, 0.717) is 0 Å². The van der Waals surface area contributed by atoms with Gasteiger partial charge in [0.05, 0.1) is 0 Å². The molecular formula is C17H17N5O9. The van der Waals surface area contributed by atoms with E-state index in [9.17, 15) is 24.0 Å². The second kappa shape index (κ2) is 7.46. The van der Waals surface area contributed by atoms with Crippen LogP contribution in [0.2, 0.25) is 0 Å². The quantitative estimate of drug-likeness (QED) is 0.433. The number of rotatable bonds is 4. The minimum atomic E-state index is -1.36. The van der Waals surface area contributed by atoms with Gasteiger partial charge in [0.2, 0.25) is 18.0 Å². The first-order chi connectivity index (χ1) is 14.7. The maximum Gasteiger partial charge on any atom is 0.350 e. The van der Waals surface area contributed by atoms with Gasteiger partial charge < -0.3 is 18.9 Å². The van der Waals surface area contributed by atoms with Crippen LogP contribution in [0, 0.1) is 0 Å². The Morgan fingerprint density at radius 1 is 1.13 bits per heavy atom. The molecule has 14 nitrogen and oxygen atoms in total. The molecule has 2 aromatic heterocycles. The Morgan fingerprint density at radius 3 is 2.48 bits per heavy atom. The van der Waals surface area contributed by atoms with Crippen molar-refractivity contribution in [3.05, 3.63) is 16.7 Å². The molecule has 0 spiro atoms. The van der Waals surface area contributed by atoms with Gasteiger partial charge in [0.1, 0.15) is 12.4 Å². The van der Waals surface area contributed by atoms with Crippen molar-refractivity contribution in [1.29, 1.82) is 0 Å². The number of imidazole rings is 1. The number of nitrogens with one attached hydrogen (secondary N) is 2. The highest BCUT2D eigenvalue weighted by Gasteiger charge is 2.61. The first kappa shape index (κ1) is 20.5. The Hall–Kier alpha value is -3.81. The van der Waals surface area contributed by atoms with Crippen molar-refractivity contribution in [2.24, 2.45) is 0 Å². The molecular weight excluding hydrogens is 418 g/mol. The zero-order valence-electron chi connectivity index (χ0n) is 16.5. The van der Waals surface area contributed by atoms with Crippen LogP contribution in [0.4, 0.5) is 5.95 Å². The largest absolute Gasteiger partial charge is 0.454 e. The molecule has 2 fully saturated rings. The zero-order valence-corrected chi connectivity index (χ0v) is 16.5. The number of ether oxygens (including phenoxy) is 4. The number of hydrogen-bond donors (Lipinski definition) is 2. The van der Waals surface area contributed by atoms with Crippen molar-refractivity contribution in [2.45, 2.75) is 51.4 Å². The van der Waals surface area contributed by atoms with Crippen LogP contribution >= 0.6 is 0 Å². The number of amides is 1. The first-order valence-corrected chi connectivity index (χ1v) is 9.10. The standard InChI is InChI=1S/C17H17N5O9/c1-5(23)19-17-20-13-8(14(26)21-17)22(4-18-13)15-11(28-6(2)24)9-10(30-15)12(16(27)31-9)29-7(3)25/h4,9-12,15H,1-3H3,(H2,19,20,21,23,26)/t9-,10-,11-,12+,15+/m0/s1. The van der Waals surface area contributed by atoms with Crippen LogP contribution in [0.5, 0.6) is 0 Å². The summed E-state index contributed by atoms with van der Waals surface area (Å²) >= 11 is 0. The maximum atomic E-state index is 12.6. The molecule has 2 aromatic rings. The van der Waals surface area contributed by atoms with E-state index < -0.39 is 60.0 Å². The van der Waals surface area contributed by atoms with Gasteiger partial charge in [-0.3, -0.25) is 34.0 Å². The van der Waals surface area contributed by atoms with Gasteiger partial charge in [-0.1, -0.05) is 0 Å². The number of carbonyl (C=O) groups excluding carboxylic acids is 4. The Bertz CT molecular complexity index is 1150. The Morgan fingerprint density at radius 2 is 1.84 bits per heavy atom. The molecule has 0 bridgehead atoms. The van der Waals surface area contributed by atoms with Crippen molar-refractivity contribution in [3.63, 3.8) is 0 Å². The summed E-state index contributed by atoms with van der Waals surface area (Å²) in [5, 5.41) is 2.35. The molecule has 164 valence electrons. The normalized spacial score (nSPS) is 26.9. The lowest BCUT2D eigenvalue weighted by Gasteiger charge is -2.22. The van der Waals surface area contributed by atoms with E-state index >= 15 is 0 Å². The van der Waals surface area contributed by atoms with Crippen LogP contribution in [0.15, 0.2) is 11.1 Å². The van der Waals surface area contributed by atoms with E-state index in [1.165, 1.54) is 17.8 Å². The molecule has 0 unspecified atom stereocenters. The molecule has 2 aliphatic rings. The van der Waals surface area contributed by atoms with Gasteiger partial charge in [-0.15, -0.1) is 0 Å². The number of carbonyl (C=O) groups is 4. The molecule has 2 aliphatic heterocycles. The number of aromatic amines is 1. The second-order valence-corrected chi connectivity index (χ2v) is 6.92. The number of fused-ring (bicyclic) bond motifs is 2. The lowest BCUT2D eigenvalue weighted by atomic mass is 10.1. The molecule has 31 heavy (non-hydrogen) atoms. The number of aromatic nitrogens is 4. The Kier molecular flexibility index (Phi) is 4.93. The highest BCUT2D eigenvalue weighted by Crippen LogP contribution is 2.40. The molecule has 4 heterocycles. The third-order valence-electron chi connectivity index (χ3n) is 4.61. The van der Waals surface area contributed by atoms with Gasteiger partial charge in [-0.2, -0.15) is 4.98 Å². The first-order valence-electron chi connectivity index (χ1n) is 9.10. The van der Waals surface area contributed by atoms with E-state index in [1.807, 2.05) is 0 Å². The molecule has 2 saturated heterocycles. The molecule has 0 aromatic carbocycles. The minimum Gasteiger partial charge on any atom is -0.454 e. The smallest absolute Gasteiger partial charge is 0.350 e. The number of esters is 3. The Labute approximate surface area is 172 Å². The predicted octanol–water partition coefficient (Wildman–Crippen LogP) is -1.24. The summed E-state index contributed by atoms with van der Waals surface area (Å²) in [4.78, 5) is 69.5. The van der Waals surface area contributed by atoms with E-state index in [4.69, 9.17) is 18.9 Å². The minimum absolute atomic E-state index is 0.0109. The topological polar surface area (TPSA) is 181 Å². The number of H-pyrrole nitrogens is 1. The van der Waals surface area contributed by atoms with Crippen LogP contribution in [0.1, 0.15) is 27.0 Å². The van der Waals surface area contributed by atoms with E-state index in [1.54, 1.807) is 0 Å². The van der Waals surface area contributed by atoms with Crippen LogP contribution in [0.3, 0.4) is 0 Å². The SMILES string of the molecule is CC(=O)Nc1nc2ncn([C@@H]3O[C@H]4[C@H](OC(=O)[C@@H]4OC(C)=O)[C@@H]3OC(C)=O)c2c(=O)[nH]1. The number of anilines is 1. The molecule has 1 amide bonds. The van der Waals surface area contributed by atoms with Gasteiger partial charge in [0.15, 0.2) is 29.6 Å². The second-order valence-electron chi connectivity index (χ2n) is 6.92. The zero-order chi connectivity index (χ0) is 22.4. The van der Waals surface area contributed by atoms with E-state index in [-0.39, 0.29) is 17.1 Å². The van der Waals surface area contributed by atoms with Crippen molar-refractivity contribution in [1.82, 2.24) is 19.5 Å². The summed E-state index contributed by atoms with van der Waals surface area (Å²) in [5.41, 5.74) is -0.697. The Balaban J connectivity index is 1.74. The van der Waals surface area contributed by atoms with Gasteiger partial charge in [-0.05, 0) is 0 Å². The molecule has 0 aliphatic carbocycles. The average Bonchev–Trinajstić information content (AvgIpc) is 3.29.